The second kappa shape index (κ2) is 9.94. The molecule has 0 aliphatic rings. The first-order chi connectivity index (χ1) is 14.2. The highest BCUT2D eigenvalue weighted by Gasteiger charge is 2.09. The quantitative estimate of drug-likeness (QED) is 0.448. The predicted octanol–water partition coefficient (Wildman–Crippen LogP) is 4.13. The number of benzene rings is 3. The zero-order valence-corrected chi connectivity index (χ0v) is 16.0. The van der Waals surface area contributed by atoms with Crippen molar-refractivity contribution >= 4 is 12.1 Å². The Morgan fingerprint density at radius 2 is 1.76 bits per heavy atom. The van der Waals surface area contributed by atoms with Crippen molar-refractivity contribution in [1.82, 2.24) is 5.43 Å². The molecular formula is C23H22N2O4. The van der Waals surface area contributed by atoms with Gasteiger partial charge in [-0.15, -0.1) is 0 Å². The Morgan fingerprint density at radius 3 is 2.52 bits per heavy atom. The fourth-order valence-corrected chi connectivity index (χ4v) is 2.62. The van der Waals surface area contributed by atoms with Gasteiger partial charge in [-0.3, -0.25) is 4.79 Å². The van der Waals surface area contributed by atoms with Gasteiger partial charge < -0.3 is 14.6 Å². The van der Waals surface area contributed by atoms with Gasteiger partial charge in [-0.25, -0.2) is 5.43 Å². The Hall–Kier alpha value is -3.80. The van der Waals surface area contributed by atoms with Crippen LogP contribution < -0.4 is 14.9 Å². The number of phenolic OH excluding ortho intramolecular Hbond substituents is 1. The topological polar surface area (TPSA) is 80.2 Å². The molecule has 6 heteroatoms. The fraction of sp³-hybridized carbons (Fsp3) is 0.130. The van der Waals surface area contributed by atoms with Gasteiger partial charge in [-0.1, -0.05) is 42.5 Å². The van der Waals surface area contributed by atoms with Gasteiger partial charge in [-0.05, 0) is 48.4 Å². The summed E-state index contributed by atoms with van der Waals surface area (Å²) in [5.41, 5.74) is 4.35. The Kier molecular flexibility index (Phi) is 6.84. The van der Waals surface area contributed by atoms with E-state index in [9.17, 15) is 9.90 Å². The molecule has 148 valence electrons. The van der Waals surface area contributed by atoms with Gasteiger partial charge in [0.25, 0.3) is 5.91 Å². The number of hydrogen-bond acceptors (Lipinski definition) is 5. The molecule has 3 rings (SSSR count). The molecule has 0 heterocycles. The summed E-state index contributed by atoms with van der Waals surface area (Å²) in [5, 5.41) is 13.7. The van der Waals surface area contributed by atoms with Crippen molar-refractivity contribution in [3.8, 4) is 17.2 Å². The molecule has 0 fully saturated rings. The average Bonchev–Trinajstić information content (AvgIpc) is 2.74. The Bertz CT molecular complexity index is 987. The number of aromatic hydroxyl groups is 1. The van der Waals surface area contributed by atoms with E-state index >= 15 is 0 Å². The molecule has 0 atom stereocenters. The summed E-state index contributed by atoms with van der Waals surface area (Å²) < 4.78 is 11.5. The molecule has 0 aliphatic heterocycles. The van der Waals surface area contributed by atoms with Crippen LogP contribution in [0.3, 0.4) is 0 Å². The maximum absolute atomic E-state index is 12.1. The van der Waals surface area contributed by atoms with Gasteiger partial charge in [-0.2, -0.15) is 5.10 Å². The van der Waals surface area contributed by atoms with Gasteiger partial charge in [0.2, 0.25) is 0 Å². The molecule has 0 saturated heterocycles. The van der Waals surface area contributed by atoms with Gasteiger partial charge in [0.15, 0.2) is 11.5 Å². The molecule has 0 aliphatic carbocycles. The van der Waals surface area contributed by atoms with Crippen molar-refractivity contribution in [2.45, 2.75) is 13.5 Å². The molecular weight excluding hydrogens is 368 g/mol. The normalized spacial score (nSPS) is 10.7. The number of carbonyl (C=O) groups is 1. The average molecular weight is 390 g/mol. The number of amides is 1. The molecule has 0 saturated carbocycles. The van der Waals surface area contributed by atoms with Crippen LogP contribution in [0.2, 0.25) is 0 Å². The molecule has 0 spiro atoms. The summed E-state index contributed by atoms with van der Waals surface area (Å²) in [6.45, 7) is 2.82. The Balaban J connectivity index is 1.66. The van der Waals surface area contributed by atoms with Gasteiger partial charge in [0.1, 0.15) is 12.4 Å². The SMILES string of the molecule is CCOc1cc(/C=N\NC(=O)c2ccccc2O)ccc1OCc1ccccc1. The van der Waals surface area contributed by atoms with Crippen LogP contribution >= 0.6 is 0 Å². The fourth-order valence-electron chi connectivity index (χ4n) is 2.62. The summed E-state index contributed by atoms with van der Waals surface area (Å²) in [5.74, 6) is 0.636. The highest BCUT2D eigenvalue weighted by molar-refractivity contribution is 5.97. The number of phenols is 1. The van der Waals surface area contributed by atoms with Crippen molar-refractivity contribution in [2.75, 3.05) is 6.61 Å². The van der Waals surface area contributed by atoms with Crippen LogP contribution in [0.4, 0.5) is 0 Å². The summed E-state index contributed by atoms with van der Waals surface area (Å²) in [7, 11) is 0. The van der Waals surface area contributed by atoms with E-state index < -0.39 is 5.91 Å². The van der Waals surface area contributed by atoms with Crippen molar-refractivity contribution < 1.29 is 19.4 Å². The zero-order chi connectivity index (χ0) is 20.5. The maximum Gasteiger partial charge on any atom is 0.275 e. The zero-order valence-electron chi connectivity index (χ0n) is 16.0. The predicted molar refractivity (Wildman–Crippen MR) is 112 cm³/mol. The lowest BCUT2D eigenvalue weighted by molar-refractivity contribution is 0.0952. The number of para-hydroxylation sites is 1. The minimum absolute atomic E-state index is 0.0984. The number of ether oxygens (including phenoxy) is 2. The number of nitrogens with zero attached hydrogens (tertiary/aromatic N) is 1. The number of nitrogens with one attached hydrogen (secondary N) is 1. The first kappa shape index (κ1) is 19.9. The van der Waals surface area contributed by atoms with E-state index in [0.717, 1.165) is 11.1 Å². The van der Waals surface area contributed by atoms with Crippen LogP contribution in [0.1, 0.15) is 28.4 Å². The van der Waals surface area contributed by atoms with Crippen LogP contribution in [0.25, 0.3) is 0 Å². The lowest BCUT2D eigenvalue weighted by Crippen LogP contribution is -2.17. The van der Waals surface area contributed by atoms with E-state index in [0.29, 0.717) is 24.7 Å². The van der Waals surface area contributed by atoms with E-state index in [1.807, 2.05) is 43.3 Å². The first-order valence-electron chi connectivity index (χ1n) is 9.22. The van der Waals surface area contributed by atoms with Crippen molar-refractivity contribution in [3.05, 3.63) is 89.5 Å². The van der Waals surface area contributed by atoms with Crippen LogP contribution in [-0.2, 0) is 6.61 Å². The smallest absolute Gasteiger partial charge is 0.275 e. The third-order valence-electron chi connectivity index (χ3n) is 4.03. The van der Waals surface area contributed by atoms with E-state index in [-0.39, 0.29) is 11.3 Å². The highest BCUT2D eigenvalue weighted by atomic mass is 16.5. The molecule has 3 aromatic rings. The van der Waals surface area contributed by atoms with E-state index in [1.54, 1.807) is 24.3 Å². The first-order valence-corrected chi connectivity index (χ1v) is 9.22. The largest absolute Gasteiger partial charge is 0.507 e. The third-order valence-corrected chi connectivity index (χ3v) is 4.03. The van der Waals surface area contributed by atoms with Crippen LogP contribution in [0.5, 0.6) is 17.2 Å². The number of hydrazone groups is 1. The summed E-state index contributed by atoms with van der Waals surface area (Å²) in [4.78, 5) is 12.1. The number of carbonyl (C=O) groups excluding carboxylic acids is 1. The highest BCUT2D eigenvalue weighted by Crippen LogP contribution is 2.29. The van der Waals surface area contributed by atoms with Crippen molar-refractivity contribution in [2.24, 2.45) is 5.10 Å². The van der Waals surface area contributed by atoms with Gasteiger partial charge in [0, 0.05) is 0 Å². The molecule has 1 amide bonds. The van der Waals surface area contributed by atoms with Gasteiger partial charge in [0.05, 0.1) is 18.4 Å². The van der Waals surface area contributed by atoms with E-state index in [4.69, 9.17) is 9.47 Å². The lowest BCUT2D eigenvalue weighted by atomic mass is 10.2. The van der Waals surface area contributed by atoms with E-state index in [1.165, 1.54) is 18.3 Å². The van der Waals surface area contributed by atoms with Crippen LogP contribution in [0, 0.1) is 0 Å². The lowest BCUT2D eigenvalue weighted by Gasteiger charge is -2.12. The molecule has 0 unspecified atom stereocenters. The summed E-state index contributed by atoms with van der Waals surface area (Å²) in [6, 6.07) is 21.6. The molecule has 0 aromatic heterocycles. The Morgan fingerprint density at radius 1 is 1.00 bits per heavy atom. The molecule has 0 bridgehead atoms. The van der Waals surface area contributed by atoms with Crippen molar-refractivity contribution in [3.63, 3.8) is 0 Å². The third kappa shape index (κ3) is 5.59. The number of rotatable bonds is 8. The summed E-state index contributed by atoms with van der Waals surface area (Å²) in [6.07, 6.45) is 1.50. The minimum atomic E-state index is -0.493. The van der Waals surface area contributed by atoms with Crippen LogP contribution in [-0.4, -0.2) is 23.8 Å². The molecule has 3 aromatic carbocycles. The Labute approximate surface area is 169 Å². The second-order valence-electron chi connectivity index (χ2n) is 6.13. The molecule has 29 heavy (non-hydrogen) atoms. The molecule has 2 N–H and O–H groups in total. The van der Waals surface area contributed by atoms with E-state index in [2.05, 4.69) is 10.5 Å². The monoisotopic (exact) mass is 390 g/mol. The van der Waals surface area contributed by atoms with Crippen LogP contribution in [0.15, 0.2) is 77.9 Å². The summed E-state index contributed by atoms with van der Waals surface area (Å²) >= 11 is 0. The molecule has 6 nitrogen and oxygen atoms in total. The van der Waals surface area contributed by atoms with Gasteiger partial charge >= 0.3 is 0 Å². The second-order valence-corrected chi connectivity index (χ2v) is 6.13. The number of hydrogen-bond donors (Lipinski definition) is 2. The van der Waals surface area contributed by atoms with Crippen molar-refractivity contribution in [1.29, 1.82) is 0 Å². The minimum Gasteiger partial charge on any atom is -0.507 e. The standard InChI is InChI=1S/C23H22N2O4/c1-2-28-22-14-18(12-13-21(22)29-16-17-8-4-3-5-9-17)15-24-25-23(27)19-10-6-7-11-20(19)26/h3-15,26H,2,16H2,1H3,(H,25,27)/b24-15-. The maximum atomic E-state index is 12.1. The molecule has 0 radical (unpaired) electrons.